The van der Waals surface area contributed by atoms with Gasteiger partial charge in [0.1, 0.15) is 23.7 Å². The Hall–Kier alpha value is -3.37. The monoisotopic (exact) mass is 357 g/mol. The van der Waals surface area contributed by atoms with Gasteiger partial charge in [-0.15, -0.1) is 5.10 Å². The van der Waals surface area contributed by atoms with E-state index in [9.17, 15) is 9.18 Å². The second-order valence-corrected chi connectivity index (χ2v) is 6.02. The fraction of sp³-hybridized carbons (Fsp3) is 0.333. The number of H-pyrrole nitrogens is 1. The summed E-state index contributed by atoms with van der Waals surface area (Å²) in [7, 11) is 0. The Morgan fingerprint density at radius 3 is 2.88 bits per heavy atom. The third kappa shape index (κ3) is 2.98. The zero-order valence-electron chi connectivity index (χ0n) is 13.9. The minimum absolute atomic E-state index is 0.0487. The van der Waals surface area contributed by atoms with E-state index in [0.29, 0.717) is 37.0 Å². The third-order valence-electron chi connectivity index (χ3n) is 4.30. The number of pyridine rings is 1. The topological polar surface area (TPSA) is 109 Å². The molecule has 1 unspecified atom stereocenters. The van der Waals surface area contributed by atoms with Crippen molar-refractivity contribution < 1.29 is 9.18 Å². The molecule has 3 aromatic rings. The van der Waals surface area contributed by atoms with Gasteiger partial charge >= 0.3 is 0 Å². The van der Waals surface area contributed by atoms with E-state index in [1.165, 1.54) is 23.3 Å². The largest absolute Gasteiger partial charge is 0.350 e. The fourth-order valence-electron chi connectivity index (χ4n) is 3.00. The molecule has 1 N–H and O–H groups in total. The van der Waals surface area contributed by atoms with Crippen LogP contribution in [0, 0.1) is 5.82 Å². The van der Waals surface area contributed by atoms with Crippen LogP contribution in [0.15, 0.2) is 30.7 Å². The molecule has 0 spiro atoms. The van der Waals surface area contributed by atoms with E-state index in [0.717, 1.165) is 0 Å². The summed E-state index contributed by atoms with van der Waals surface area (Å²) in [6.45, 7) is 3.67. The summed E-state index contributed by atoms with van der Waals surface area (Å²) in [6.07, 6.45) is 2.60. The first-order valence-corrected chi connectivity index (χ1v) is 8.08. The predicted octanol–water partition coefficient (Wildman–Crippen LogP) is 0.270. The minimum atomic E-state index is -0.368. The molecule has 10 nitrogen and oxygen atoms in total. The van der Waals surface area contributed by atoms with Crippen LogP contribution in [-0.4, -0.2) is 71.9 Å². The molecule has 134 valence electrons. The van der Waals surface area contributed by atoms with Crippen LogP contribution in [-0.2, 0) is 0 Å². The zero-order chi connectivity index (χ0) is 18.1. The lowest BCUT2D eigenvalue weighted by Crippen LogP contribution is -2.54. The molecule has 1 amide bonds. The van der Waals surface area contributed by atoms with Crippen LogP contribution in [0.4, 0.5) is 10.2 Å². The number of nitrogens with zero attached hydrogens (tertiary/aromatic N) is 8. The highest BCUT2D eigenvalue weighted by atomic mass is 19.1. The molecule has 1 saturated heterocycles. The average molecular weight is 357 g/mol. The third-order valence-corrected chi connectivity index (χ3v) is 4.30. The zero-order valence-corrected chi connectivity index (χ0v) is 13.9. The van der Waals surface area contributed by atoms with Gasteiger partial charge in [0, 0.05) is 31.7 Å². The number of carbonyl (C=O) groups is 1. The number of aromatic amines is 1. The molecule has 1 fully saturated rings. The molecule has 0 radical (unpaired) electrons. The maximum Gasteiger partial charge on any atom is 0.272 e. The second kappa shape index (κ2) is 6.50. The highest BCUT2D eigenvalue weighted by Gasteiger charge is 2.29. The van der Waals surface area contributed by atoms with Gasteiger partial charge in [-0.25, -0.2) is 9.37 Å². The molecule has 1 aliphatic heterocycles. The molecule has 4 heterocycles. The van der Waals surface area contributed by atoms with Crippen LogP contribution in [0.2, 0.25) is 0 Å². The van der Waals surface area contributed by atoms with Crippen LogP contribution in [0.25, 0.3) is 5.82 Å². The highest BCUT2D eigenvalue weighted by molar-refractivity contribution is 5.93. The van der Waals surface area contributed by atoms with Crippen molar-refractivity contribution >= 4 is 11.7 Å². The standard InChI is InChI=1S/C15H16FN9O/c1-10-8-23(4-5-24(10)13-3-2-11(16)7-17-13)15(26)12-6-14(20-19-12)25-9-18-21-22-25/h2-3,6-7,9-10H,4-5,8H2,1H3,(H,19,20). The number of hydrogen-bond donors (Lipinski definition) is 1. The maximum absolute atomic E-state index is 13.1. The van der Waals surface area contributed by atoms with Crippen molar-refractivity contribution in [2.75, 3.05) is 24.5 Å². The van der Waals surface area contributed by atoms with Gasteiger partial charge in [-0.3, -0.25) is 9.89 Å². The Balaban J connectivity index is 1.45. The Bertz CT molecular complexity index is 892. The average Bonchev–Trinajstić information content (AvgIpc) is 3.33. The number of rotatable bonds is 3. The van der Waals surface area contributed by atoms with Crippen molar-refractivity contribution in [1.82, 2.24) is 40.3 Å². The molecule has 0 bridgehead atoms. The number of nitrogens with one attached hydrogen (secondary N) is 1. The van der Waals surface area contributed by atoms with Crippen molar-refractivity contribution in [1.29, 1.82) is 0 Å². The molecule has 1 atom stereocenters. The van der Waals surface area contributed by atoms with Crippen LogP contribution in [0.3, 0.4) is 0 Å². The van der Waals surface area contributed by atoms with Crippen LogP contribution >= 0.6 is 0 Å². The smallest absolute Gasteiger partial charge is 0.272 e. The first kappa shape index (κ1) is 16.1. The number of aromatic nitrogens is 7. The highest BCUT2D eigenvalue weighted by Crippen LogP contribution is 2.19. The van der Waals surface area contributed by atoms with Gasteiger partial charge in [0.25, 0.3) is 5.91 Å². The number of piperazine rings is 1. The second-order valence-electron chi connectivity index (χ2n) is 6.02. The number of halogens is 1. The molecule has 11 heteroatoms. The maximum atomic E-state index is 13.1. The predicted molar refractivity (Wildman–Crippen MR) is 88.2 cm³/mol. The lowest BCUT2D eigenvalue weighted by molar-refractivity contribution is 0.0720. The van der Waals surface area contributed by atoms with Gasteiger partial charge in [-0.05, 0) is 29.5 Å². The van der Waals surface area contributed by atoms with Crippen LogP contribution in [0.1, 0.15) is 17.4 Å². The van der Waals surface area contributed by atoms with Crippen molar-refractivity contribution in [3.05, 3.63) is 42.2 Å². The first-order valence-electron chi connectivity index (χ1n) is 8.08. The van der Waals surface area contributed by atoms with Gasteiger partial charge < -0.3 is 9.80 Å². The summed E-state index contributed by atoms with van der Waals surface area (Å²) in [6, 6.07) is 4.69. The molecular formula is C15H16FN9O. The van der Waals surface area contributed by atoms with Gasteiger partial charge in [0.15, 0.2) is 5.82 Å². The quantitative estimate of drug-likeness (QED) is 0.717. The van der Waals surface area contributed by atoms with Gasteiger partial charge in [0.05, 0.1) is 6.20 Å². The fourth-order valence-corrected chi connectivity index (χ4v) is 3.00. The first-order chi connectivity index (χ1) is 12.6. The van der Waals surface area contributed by atoms with E-state index in [2.05, 4.69) is 35.6 Å². The SMILES string of the molecule is CC1CN(C(=O)c2cc(-n3cnnn3)n[nH]2)CCN1c1ccc(F)cn1. The number of anilines is 1. The molecule has 0 aliphatic carbocycles. The van der Waals surface area contributed by atoms with Crippen LogP contribution in [0.5, 0.6) is 0 Å². The Morgan fingerprint density at radius 2 is 2.19 bits per heavy atom. The van der Waals surface area contributed by atoms with Crippen molar-refractivity contribution in [3.63, 3.8) is 0 Å². The number of tetrazole rings is 1. The van der Waals surface area contributed by atoms with E-state index >= 15 is 0 Å². The Morgan fingerprint density at radius 1 is 1.31 bits per heavy atom. The number of hydrogen-bond acceptors (Lipinski definition) is 7. The summed E-state index contributed by atoms with van der Waals surface area (Å²) in [5.41, 5.74) is 0.371. The summed E-state index contributed by atoms with van der Waals surface area (Å²) < 4.78 is 14.4. The van der Waals surface area contributed by atoms with Crippen molar-refractivity contribution in [3.8, 4) is 5.82 Å². The van der Waals surface area contributed by atoms with Gasteiger partial charge in [-0.2, -0.15) is 9.78 Å². The molecular weight excluding hydrogens is 341 g/mol. The number of carbonyl (C=O) groups excluding carboxylic acids is 1. The summed E-state index contributed by atoms with van der Waals surface area (Å²) in [5, 5.41) is 17.6. The number of amides is 1. The molecule has 1 aliphatic rings. The van der Waals surface area contributed by atoms with E-state index in [-0.39, 0.29) is 17.8 Å². The van der Waals surface area contributed by atoms with E-state index < -0.39 is 0 Å². The van der Waals surface area contributed by atoms with Crippen molar-refractivity contribution in [2.24, 2.45) is 0 Å². The van der Waals surface area contributed by atoms with Gasteiger partial charge in [-0.1, -0.05) is 0 Å². The van der Waals surface area contributed by atoms with E-state index in [1.807, 2.05) is 6.92 Å². The Kier molecular flexibility index (Phi) is 4.03. The normalized spacial score (nSPS) is 17.5. The molecule has 3 aromatic heterocycles. The Labute approximate surface area is 147 Å². The van der Waals surface area contributed by atoms with Crippen molar-refractivity contribution in [2.45, 2.75) is 13.0 Å². The molecule has 4 rings (SSSR count). The molecule has 0 saturated carbocycles. The van der Waals surface area contributed by atoms with E-state index in [1.54, 1.807) is 17.0 Å². The molecule has 0 aromatic carbocycles. The lowest BCUT2D eigenvalue weighted by Gasteiger charge is -2.40. The minimum Gasteiger partial charge on any atom is -0.350 e. The van der Waals surface area contributed by atoms with E-state index in [4.69, 9.17) is 0 Å². The summed E-state index contributed by atoms with van der Waals surface area (Å²) in [5.74, 6) is 0.636. The van der Waals surface area contributed by atoms with Gasteiger partial charge in [0.2, 0.25) is 0 Å². The molecule has 26 heavy (non-hydrogen) atoms. The van der Waals surface area contributed by atoms with Crippen LogP contribution < -0.4 is 4.90 Å². The summed E-state index contributed by atoms with van der Waals surface area (Å²) in [4.78, 5) is 20.7. The summed E-state index contributed by atoms with van der Waals surface area (Å²) >= 11 is 0. The lowest BCUT2D eigenvalue weighted by atomic mass is 10.1.